The van der Waals surface area contributed by atoms with Crippen LogP contribution in [0.3, 0.4) is 0 Å². The van der Waals surface area contributed by atoms with Gasteiger partial charge in [0.1, 0.15) is 16.4 Å². The lowest BCUT2D eigenvalue weighted by atomic mass is 10.2. The molecule has 0 radical (unpaired) electrons. The number of para-hydroxylation sites is 1. The monoisotopic (exact) mass is 305 g/mol. The first kappa shape index (κ1) is 13.7. The van der Waals surface area contributed by atoms with Crippen molar-refractivity contribution in [1.29, 1.82) is 0 Å². The number of hydrogen-bond acceptors (Lipinski definition) is 6. The molecule has 8 heteroatoms. The average molecular weight is 305 g/mol. The van der Waals surface area contributed by atoms with Crippen LogP contribution >= 0.6 is 11.8 Å². The second kappa shape index (κ2) is 5.58. The molecule has 106 valence electrons. The minimum atomic E-state index is -0.855. The standard InChI is InChI=1S/C13H9F2N5S/c14-8-5-9(15)13(19-11(8)20-16)21-12-7-3-1-2-4-10(7)17-6-18-12/h1-6H,16H2,(H,19,20). The van der Waals surface area contributed by atoms with Crippen molar-refractivity contribution in [1.82, 2.24) is 15.0 Å². The predicted molar refractivity (Wildman–Crippen MR) is 75.6 cm³/mol. The molecule has 0 aliphatic rings. The topological polar surface area (TPSA) is 76.7 Å². The van der Waals surface area contributed by atoms with E-state index in [1.807, 2.05) is 24.3 Å². The van der Waals surface area contributed by atoms with Crippen molar-refractivity contribution in [2.75, 3.05) is 5.43 Å². The molecule has 0 aliphatic heterocycles. The van der Waals surface area contributed by atoms with E-state index < -0.39 is 11.6 Å². The Morgan fingerprint density at radius 3 is 2.67 bits per heavy atom. The molecule has 0 aliphatic carbocycles. The average Bonchev–Trinajstić information content (AvgIpc) is 2.50. The van der Waals surface area contributed by atoms with Crippen LogP contribution in [0.2, 0.25) is 0 Å². The number of hydrazine groups is 1. The smallest absolute Gasteiger partial charge is 0.177 e. The van der Waals surface area contributed by atoms with Gasteiger partial charge in [0, 0.05) is 11.5 Å². The van der Waals surface area contributed by atoms with E-state index >= 15 is 0 Å². The summed E-state index contributed by atoms with van der Waals surface area (Å²) in [6.07, 6.45) is 1.38. The van der Waals surface area contributed by atoms with Gasteiger partial charge in [-0.15, -0.1) is 0 Å². The fourth-order valence-corrected chi connectivity index (χ4v) is 2.63. The molecule has 0 atom stereocenters. The third-order valence-corrected chi connectivity index (χ3v) is 3.73. The fraction of sp³-hybridized carbons (Fsp3) is 0. The van der Waals surface area contributed by atoms with Crippen LogP contribution in [0.1, 0.15) is 0 Å². The van der Waals surface area contributed by atoms with Crippen molar-refractivity contribution in [2.45, 2.75) is 10.1 Å². The van der Waals surface area contributed by atoms with Gasteiger partial charge in [0.2, 0.25) is 0 Å². The number of anilines is 1. The van der Waals surface area contributed by atoms with Gasteiger partial charge < -0.3 is 5.43 Å². The third-order valence-electron chi connectivity index (χ3n) is 2.73. The Hall–Kier alpha value is -2.32. The van der Waals surface area contributed by atoms with E-state index in [2.05, 4.69) is 20.4 Å². The zero-order chi connectivity index (χ0) is 14.8. The van der Waals surface area contributed by atoms with Crippen LogP contribution < -0.4 is 11.3 Å². The molecule has 0 unspecified atom stereocenters. The zero-order valence-electron chi connectivity index (χ0n) is 10.5. The number of pyridine rings is 1. The highest BCUT2D eigenvalue weighted by Crippen LogP contribution is 2.32. The Balaban J connectivity index is 2.07. The van der Waals surface area contributed by atoms with Crippen LogP contribution in [0.25, 0.3) is 10.9 Å². The normalized spacial score (nSPS) is 10.8. The largest absolute Gasteiger partial charge is 0.306 e. The highest BCUT2D eigenvalue weighted by Gasteiger charge is 2.14. The van der Waals surface area contributed by atoms with Crippen LogP contribution in [0.5, 0.6) is 0 Å². The molecule has 2 heterocycles. The summed E-state index contributed by atoms with van der Waals surface area (Å²) in [5, 5.41) is 1.27. The summed E-state index contributed by atoms with van der Waals surface area (Å²) in [5.41, 5.74) is 2.82. The van der Waals surface area contributed by atoms with Gasteiger partial charge >= 0.3 is 0 Å². The maximum Gasteiger partial charge on any atom is 0.177 e. The first-order valence-electron chi connectivity index (χ1n) is 5.89. The number of nitrogens with one attached hydrogen (secondary N) is 1. The number of halogens is 2. The van der Waals surface area contributed by atoms with Crippen LogP contribution in [-0.4, -0.2) is 15.0 Å². The second-order valence-corrected chi connectivity index (χ2v) is 5.03. The molecule has 0 amide bonds. The number of fused-ring (bicyclic) bond motifs is 1. The molecule has 0 spiro atoms. The number of rotatable bonds is 3. The van der Waals surface area contributed by atoms with E-state index in [0.717, 1.165) is 28.7 Å². The number of nitrogen functional groups attached to an aromatic ring is 1. The van der Waals surface area contributed by atoms with Gasteiger partial charge in [-0.3, -0.25) is 0 Å². The summed E-state index contributed by atoms with van der Waals surface area (Å²) in [5.74, 6) is 3.29. The molecular formula is C13H9F2N5S. The van der Waals surface area contributed by atoms with Gasteiger partial charge in [0.15, 0.2) is 17.5 Å². The van der Waals surface area contributed by atoms with Gasteiger partial charge in [0.05, 0.1) is 5.52 Å². The molecule has 0 bridgehead atoms. The molecule has 3 N–H and O–H groups in total. The Labute approximate surface area is 122 Å². The minimum Gasteiger partial charge on any atom is -0.306 e. The quantitative estimate of drug-likeness (QED) is 0.440. The van der Waals surface area contributed by atoms with E-state index in [-0.39, 0.29) is 10.8 Å². The van der Waals surface area contributed by atoms with Crippen molar-refractivity contribution < 1.29 is 8.78 Å². The van der Waals surface area contributed by atoms with Gasteiger partial charge in [-0.05, 0) is 17.8 Å². The molecule has 5 nitrogen and oxygen atoms in total. The number of nitrogens with two attached hydrogens (primary N) is 1. The lowest BCUT2D eigenvalue weighted by Crippen LogP contribution is -2.11. The number of aromatic nitrogens is 3. The van der Waals surface area contributed by atoms with E-state index in [1.54, 1.807) is 0 Å². The Kier molecular flexibility index (Phi) is 3.63. The predicted octanol–water partition coefficient (Wildman–Crippen LogP) is 2.74. The molecular weight excluding hydrogens is 296 g/mol. The molecule has 0 saturated carbocycles. The Morgan fingerprint density at radius 2 is 1.86 bits per heavy atom. The Bertz CT molecular complexity index is 806. The van der Waals surface area contributed by atoms with Crippen LogP contribution in [0.15, 0.2) is 46.7 Å². The van der Waals surface area contributed by atoms with Crippen LogP contribution in [0.4, 0.5) is 14.6 Å². The van der Waals surface area contributed by atoms with Crippen molar-refractivity contribution in [3.8, 4) is 0 Å². The number of hydrogen-bond donors (Lipinski definition) is 2. The highest BCUT2D eigenvalue weighted by atomic mass is 32.2. The minimum absolute atomic E-state index is 0.0202. The summed E-state index contributed by atoms with van der Waals surface area (Å²) in [6.45, 7) is 0. The first-order chi connectivity index (χ1) is 10.2. The number of nitrogens with zero attached hydrogens (tertiary/aromatic N) is 3. The second-order valence-electron chi connectivity index (χ2n) is 4.05. The molecule has 21 heavy (non-hydrogen) atoms. The Morgan fingerprint density at radius 1 is 1.05 bits per heavy atom. The van der Waals surface area contributed by atoms with Crippen molar-refractivity contribution >= 4 is 28.5 Å². The molecule has 1 aromatic carbocycles. The summed E-state index contributed by atoms with van der Waals surface area (Å²) >= 11 is 0.982. The molecule has 2 aromatic heterocycles. The van der Waals surface area contributed by atoms with Crippen molar-refractivity contribution in [3.05, 3.63) is 48.3 Å². The lowest BCUT2D eigenvalue weighted by molar-refractivity contribution is 0.551. The lowest BCUT2D eigenvalue weighted by Gasteiger charge is -2.07. The van der Waals surface area contributed by atoms with E-state index in [9.17, 15) is 8.78 Å². The zero-order valence-corrected chi connectivity index (χ0v) is 11.4. The highest BCUT2D eigenvalue weighted by molar-refractivity contribution is 7.99. The summed E-state index contributed by atoms with van der Waals surface area (Å²) in [6, 6.07) is 8.05. The van der Waals surface area contributed by atoms with E-state index in [4.69, 9.17) is 5.84 Å². The molecule has 0 saturated heterocycles. The van der Waals surface area contributed by atoms with Gasteiger partial charge in [-0.2, -0.15) is 0 Å². The number of benzene rings is 1. The van der Waals surface area contributed by atoms with Crippen LogP contribution in [0, 0.1) is 11.6 Å². The molecule has 3 rings (SSSR count). The SMILES string of the molecule is NNc1nc(Sc2ncnc3ccccc23)c(F)cc1F. The summed E-state index contributed by atoms with van der Waals surface area (Å²) in [7, 11) is 0. The fourth-order valence-electron chi connectivity index (χ4n) is 1.78. The summed E-state index contributed by atoms with van der Waals surface area (Å²) in [4.78, 5) is 12.1. The first-order valence-corrected chi connectivity index (χ1v) is 6.71. The summed E-state index contributed by atoms with van der Waals surface area (Å²) < 4.78 is 27.2. The van der Waals surface area contributed by atoms with Gasteiger partial charge in [-0.1, -0.05) is 18.2 Å². The van der Waals surface area contributed by atoms with Crippen molar-refractivity contribution in [2.24, 2.45) is 5.84 Å². The van der Waals surface area contributed by atoms with E-state index in [0.29, 0.717) is 5.03 Å². The van der Waals surface area contributed by atoms with Gasteiger partial charge in [0.25, 0.3) is 0 Å². The molecule has 0 fully saturated rings. The maximum absolute atomic E-state index is 13.8. The van der Waals surface area contributed by atoms with Crippen molar-refractivity contribution in [3.63, 3.8) is 0 Å². The van der Waals surface area contributed by atoms with Gasteiger partial charge in [-0.25, -0.2) is 29.6 Å². The van der Waals surface area contributed by atoms with Crippen LogP contribution in [-0.2, 0) is 0 Å². The molecule has 3 aromatic rings. The maximum atomic E-state index is 13.8. The third kappa shape index (κ3) is 2.63. The van der Waals surface area contributed by atoms with E-state index in [1.165, 1.54) is 6.33 Å².